The summed E-state index contributed by atoms with van der Waals surface area (Å²) < 4.78 is 13.3. The van der Waals surface area contributed by atoms with Gasteiger partial charge in [0.25, 0.3) is 11.8 Å². The van der Waals surface area contributed by atoms with Crippen molar-refractivity contribution in [3.05, 3.63) is 102 Å². The highest BCUT2D eigenvalue weighted by Gasteiger charge is 2.44. The second-order valence-corrected chi connectivity index (χ2v) is 8.01. The zero-order valence-electron chi connectivity index (χ0n) is 18.0. The zero-order valence-corrected chi connectivity index (χ0v) is 18.8. The molecule has 0 bridgehead atoms. The molecule has 1 saturated heterocycles. The van der Waals surface area contributed by atoms with E-state index < -0.39 is 29.6 Å². The Labute approximate surface area is 201 Å². The van der Waals surface area contributed by atoms with Crippen LogP contribution in [0.2, 0.25) is 0 Å². The fourth-order valence-corrected chi connectivity index (χ4v) is 3.88. The average Bonchev–Trinajstić information content (AvgIpc) is 3.05. The third-order valence-electron chi connectivity index (χ3n) is 5.25. The Morgan fingerprint density at radius 3 is 2.18 bits per heavy atom. The number of para-hydroxylation sites is 1. The first-order valence-electron chi connectivity index (χ1n) is 10.5. The highest BCUT2D eigenvalue weighted by molar-refractivity contribution is 7.80. The Kier molecular flexibility index (Phi) is 6.93. The van der Waals surface area contributed by atoms with Gasteiger partial charge in [0, 0.05) is 11.3 Å². The second kappa shape index (κ2) is 10.2. The van der Waals surface area contributed by atoms with Crippen molar-refractivity contribution in [3.63, 3.8) is 0 Å². The molecule has 0 saturated carbocycles. The van der Waals surface area contributed by atoms with E-state index in [9.17, 15) is 18.8 Å². The average molecular weight is 477 g/mol. The van der Waals surface area contributed by atoms with Gasteiger partial charge in [-0.25, -0.2) is 9.40 Å². The van der Waals surface area contributed by atoms with E-state index in [1.165, 1.54) is 22.0 Å². The lowest BCUT2D eigenvalue weighted by molar-refractivity contribution is -0.131. The highest BCUT2D eigenvalue weighted by atomic mass is 32.1. The van der Waals surface area contributed by atoms with Gasteiger partial charge in [0.2, 0.25) is 5.91 Å². The maximum Gasteiger partial charge on any atom is 0.269 e. The smallest absolute Gasteiger partial charge is 0.269 e. The number of carbonyl (C=O) groups is 3. The van der Waals surface area contributed by atoms with Gasteiger partial charge in [-0.1, -0.05) is 48.5 Å². The lowest BCUT2D eigenvalue weighted by Gasteiger charge is -2.24. The molecule has 172 valence electrons. The number of nitrogens with one attached hydrogen (secondary N) is 2. The van der Waals surface area contributed by atoms with Crippen LogP contribution in [0.1, 0.15) is 22.3 Å². The van der Waals surface area contributed by atoms with Crippen LogP contribution in [0.3, 0.4) is 0 Å². The lowest BCUT2D eigenvalue weighted by Crippen LogP contribution is -2.49. The SMILES string of the molecule is O=C(CC1C(=O)N(Cc2ccccc2)C(=S)N1NC(=O)c1ccc(F)cc1)Nc1ccccc1. The van der Waals surface area contributed by atoms with Crippen molar-refractivity contribution < 1.29 is 18.8 Å². The molecule has 2 N–H and O–H groups in total. The molecular weight excluding hydrogens is 455 g/mol. The largest absolute Gasteiger partial charge is 0.326 e. The van der Waals surface area contributed by atoms with Crippen LogP contribution >= 0.6 is 12.2 Å². The van der Waals surface area contributed by atoms with Gasteiger partial charge in [0.15, 0.2) is 5.11 Å². The van der Waals surface area contributed by atoms with Crippen molar-refractivity contribution in [1.29, 1.82) is 0 Å². The van der Waals surface area contributed by atoms with E-state index in [1.54, 1.807) is 24.3 Å². The van der Waals surface area contributed by atoms with E-state index in [0.717, 1.165) is 17.7 Å². The third kappa shape index (κ3) is 5.26. The number of thiocarbonyl (C=S) groups is 1. The van der Waals surface area contributed by atoms with E-state index in [-0.39, 0.29) is 23.6 Å². The van der Waals surface area contributed by atoms with Crippen molar-refractivity contribution in [3.8, 4) is 0 Å². The van der Waals surface area contributed by atoms with E-state index in [0.29, 0.717) is 5.69 Å². The van der Waals surface area contributed by atoms with Crippen LogP contribution in [-0.2, 0) is 16.1 Å². The van der Waals surface area contributed by atoms with Crippen molar-refractivity contribution in [1.82, 2.24) is 15.3 Å². The number of halogens is 1. The molecule has 3 aromatic rings. The summed E-state index contributed by atoms with van der Waals surface area (Å²) in [6.07, 6.45) is -0.233. The minimum Gasteiger partial charge on any atom is -0.326 e. The molecule has 3 aromatic carbocycles. The summed E-state index contributed by atoms with van der Waals surface area (Å²) in [6.45, 7) is 0.193. The van der Waals surface area contributed by atoms with E-state index >= 15 is 0 Å². The molecule has 9 heteroatoms. The summed E-state index contributed by atoms with van der Waals surface area (Å²) in [5.41, 5.74) is 4.24. The summed E-state index contributed by atoms with van der Waals surface area (Å²) >= 11 is 5.51. The topological polar surface area (TPSA) is 81.8 Å². The molecule has 7 nitrogen and oxygen atoms in total. The van der Waals surface area contributed by atoms with Gasteiger partial charge in [-0.2, -0.15) is 0 Å². The molecule has 1 atom stereocenters. The number of hydrogen-bond acceptors (Lipinski definition) is 4. The van der Waals surface area contributed by atoms with Crippen LogP contribution in [-0.4, -0.2) is 38.8 Å². The molecule has 0 spiro atoms. The van der Waals surface area contributed by atoms with Crippen molar-refractivity contribution in [2.24, 2.45) is 0 Å². The monoisotopic (exact) mass is 476 g/mol. The molecule has 1 aliphatic rings. The Bertz CT molecular complexity index is 1210. The number of carbonyl (C=O) groups excluding carboxylic acids is 3. The summed E-state index contributed by atoms with van der Waals surface area (Å²) in [7, 11) is 0. The van der Waals surface area contributed by atoms with Crippen LogP contribution in [0.15, 0.2) is 84.9 Å². The fourth-order valence-electron chi connectivity index (χ4n) is 3.55. The quantitative estimate of drug-likeness (QED) is 0.510. The molecule has 1 aliphatic heterocycles. The first kappa shape index (κ1) is 23.1. The summed E-state index contributed by atoms with van der Waals surface area (Å²) in [5.74, 6) is -1.87. The number of benzene rings is 3. The molecule has 34 heavy (non-hydrogen) atoms. The van der Waals surface area contributed by atoms with Gasteiger partial charge >= 0.3 is 0 Å². The zero-order chi connectivity index (χ0) is 24.1. The van der Waals surface area contributed by atoms with Crippen LogP contribution < -0.4 is 10.7 Å². The molecule has 0 radical (unpaired) electrons. The maximum absolute atomic E-state index is 13.3. The maximum atomic E-state index is 13.3. The van der Waals surface area contributed by atoms with Crippen molar-refractivity contribution in [2.45, 2.75) is 19.0 Å². The summed E-state index contributed by atoms with van der Waals surface area (Å²) in [5, 5.41) is 4.05. The molecule has 4 rings (SSSR count). The number of hydrogen-bond donors (Lipinski definition) is 2. The summed E-state index contributed by atoms with van der Waals surface area (Å²) in [6, 6.07) is 22.0. The standard InChI is InChI=1S/C25H21FN4O3S/c26-19-13-11-18(12-14-19)23(32)28-30-21(15-22(31)27-20-9-5-2-6-10-20)24(33)29(25(30)34)16-17-7-3-1-4-8-17/h1-14,21H,15-16H2,(H,27,31)(H,28,32). The molecule has 1 fully saturated rings. The molecular formula is C25H21FN4O3S. The molecule has 1 heterocycles. The fraction of sp³-hybridized carbons (Fsp3) is 0.120. The Hall–Kier alpha value is -4.11. The third-order valence-corrected chi connectivity index (χ3v) is 5.67. The Morgan fingerprint density at radius 1 is 0.912 bits per heavy atom. The van der Waals surface area contributed by atoms with Crippen molar-refractivity contribution in [2.75, 3.05) is 5.32 Å². The van der Waals surface area contributed by atoms with Gasteiger partial charge in [-0.3, -0.25) is 24.7 Å². The van der Waals surface area contributed by atoms with E-state index in [1.807, 2.05) is 36.4 Å². The first-order valence-corrected chi connectivity index (χ1v) is 10.9. The minimum absolute atomic E-state index is 0.0711. The minimum atomic E-state index is -1.04. The molecule has 0 aromatic heterocycles. The van der Waals surface area contributed by atoms with Crippen molar-refractivity contribution >= 4 is 40.7 Å². The number of hydrazine groups is 1. The van der Waals surface area contributed by atoms with E-state index in [4.69, 9.17) is 12.2 Å². The number of rotatable bonds is 7. The predicted molar refractivity (Wildman–Crippen MR) is 129 cm³/mol. The lowest BCUT2D eigenvalue weighted by atomic mass is 10.1. The number of amides is 3. The van der Waals surface area contributed by atoms with Gasteiger partial charge in [-0.15, -0.1) is 0 Å². The van der Waals surface area contributed by atoms with Crippen LogP contribution in [0.5, 0.6) is 0 Å². The number of nitrogens with zero attached hydrogens (tertiary/aromatic N) is 2. The van der Waals surface area contributed by atoms with Crippen LogP contribution in [0, 0.1) is 5.82 Å². The first-order chi connectivity index (χ1) is 16.4. The van der Waals surface area contributed by atoms with Crippen LogP contribution in [0.25, 0.3) is 0 Å². The van der Waals surface area contributed by atoms with Gasteiger partial charge in [0.1, 0.15) is 11.9 Å². The van der Waals surface area contributed by atoms with Crippen LogP contribution in [0.4, 0.5) is 10.1 Å². The Balaban J connectivity index is 1.55. The molecule has 1 unspecified atom stereocenters. The highest BCUT2D eigenvalue weighted by Crippen LogP contribution is 2.22. The van der Waals surface area contributed by atoms with Gasteiger partial charge in [0.05, 0.1) is 13.0 Å². The second-order valence-electron chi connectivity index (χ2n) is 7.64. The Morgan fingerprint density at radius 2 is 1.53 bits per heavy atom. The van der Waals surface area contributed by atoms with E-state index in [2.05, 4.69) is 10.7 Å². The number of anilines is 1. The normalized spacial score (nSPS) is 15.4. The van der Waals surface area contributed by atoms with Gasteiger partial charge in [-0.05, 0) is 54.2 Å². The summed E-state index contributed by atoms with van der Waals surface area (Å²) in [4.78, 5) is 40.2. The molecule has 0 aliphatic carbocycles. The van der Waals surface area contributed by atoms with Gasteiger partial charge < -0.3 is 5.32 Å². The molecule has 3 amide bonds. The predicted octanol–water partition coefficient (Wildman–Crippen LogP) is 3.50.